The van der Waals surface area contributed by atoms with Crippen molar-refractivity contribution in [3.05, 3.63) is 53.2 Å². The maximum Gasteiger partial charge on any atom is 0.219 e. The first kappa shape index (κ1) is 17.7. The summed E-state index contributed by atoms with van der Waals surface area (Å²) in [4.78, 5) is 13.3. The molecule has 0 saturated carbocycles. The zero-order valence-electron chi connectivity index (χ0n) is 16.6. The number of carbonyl (C=O) groups excluding carboxylic acids is 1. The molecule has 1 aliphatic heterocycles. The highest BCUT2D eigenvalue weighted by Crippen LogP contribution is 2.47. The summed E-state index contributed by atoms with van der Waals surface area (Å²) in [5, 5.41) is 16.8. The zero-order valence-corrected chi connectivity index (χ0v) is 16.6. The number of ketones is 1. The normalized spacial score (nSPS) is 20.4. The van der Waals surface area contributed by atoms with Crippen molar-refractivity contribution in [3.63, 3.8) is 0 Å². The summed E-state index contributed by atoms with van der Waals surface area (Å²) in [5.41, 5.74) is 2.33. The Bertz CT molecular complexity index is 1160. The van der Waals surface area contributed by atoms with Gasteiger partial charge in [-0.25, -0.2) is 4.63 Å². The largest absolute Gasteiger partial charge is 0.496 e. The monoisotopic (exact) mass is 390 g/mol. The summed E-state index contributed by atoms with van der Waals surface area (Å²) in [6.45, 7) is 4.20. The molecule has 0 fully saturated rings. The lowest BCUT2D eigenvalue weighted by Gasteiger charge is -2.34. The van der Waals surface area contributed by atoms with Crippen LogP contribution in [0.15, 0.2) is 52.3 Å². The van der Waals surface area contributed by atoms with Crippen molar-refractivity contribution < 1.29 is 14.2 Å². The van der Waals surface area contributed by atoms with Crippen LogP contribution in [0.2, 0.25) is 0 Å². The van der Waals surface area contributed by atoms with Gasteiger partial charge in [-0.15, -0.1) is 0 Å². The lowest BCUT2D eigenvalue weighted by molar-refractivity contribution is -0.118. The highest BCUT2D eigenvalue weighted by Gasteiger charge is 2.41. The van der Waals surface area contributed by atoms with Gasteiger partial charge < -0.3 is 15.4 Å². The molecule has 148 valence electrons. The van der Waals surface area contributed by atoms with Crippen LogP contribution in [0, 0.1) is 5.41 Å². The van der Waals surface area contributed by atoms with Crippen LogP contribution < -0.4 is 15.4 Å². The standard InChI is InChI=1S/C22H22N4O3/c1-22(2)10-14-18(15(27)11-22)19(24-21-20(23-14)25-29-26-21)17-13-7-5-4-6-12(13)8-9-16(17)28-3/h4-9,19H,10-11H2,1-3H3,(H,23,25)(H,24,26). The van der Waals surface area contributed by atoms with Gasteiger partial charge in [0.2, 0.25) is 11.6 Å². The van der Waals surface area contributed by atoms with Crippen molar-refractivity contribution >= 4 is 28.2 Å². The number of rotatable bonds is 2. The quantitative estimate of drug-likeness (QED) is 0.668. The number of allylic oxidation sites excluding steroid dienone is 1. The minimum Gasteiger partial charge on any atom is -0.496 e. The van der Waals surface area contributed by atoms with Gasteiger partial charge in [0.15, 0.2) is 5.78 Å². The topological polar surface area (TPSA) is 89.3 Å². The molecule has 0 bridgehead atoms. The first-order chi connectivity index (χ1) is 14.0. The summed E-state index contributed by atoms with van der Waals surface area (Å²) in [6.07, 6.45) is 1.21. The van der Waals surface area contributed by atoms with Gasteiger partial charge in [-0.1, -0.05) is 44.2 Å². The lowest BCUT2D eigenvalue weighted by atomic mass is 9.73. The average molecular weight is 390 g/mol. The first-order valence-electron chi connectivity index (χ1n) is 9.65. The number of fused-ring (bicyclic) bond motifs is 2. The minimum atomic E-state index is -0.435. The molecule has 29 heavy (non-hydrogen) atoms. The molecule has 1 aliphatic carbocycles. The molecule has 7 heteroatoms. The van der Waals surface area contributed by atoms with Crippen LogP contribution in [0.25, 0.3) is 10.8 Å². The Labute approximate surface area is 168 Å². The molecule has 0 saturated heterocycles. The molecule has 1 atom stereocenters. The van der Waals surface area contributed by atoms with E-state index in [9.17, 15) is 4.79 Å². The number of aromatic nitrogens is 2. The lowest BCUT2D eigenvalue weighted by Crippen LogP contribution is -2.31. The van der Waals surface area contributed by atoms with Crippen molar-refractivity contribution in [3.8, 4) is 5.75 Å². The van der Waals surface area contributed by atoms with Crippen LogP contribution in [0.3, 0.4) is 0 Å². The van der Waals surface area contributed by atoms with Crippen LogP contribution in [-0.2, 0) is 4.79 Å². The summed E-state index contributed by atoms with van der Waals surface area (Å²) < 4.78 is 10.7. The fourth-order valence-corrected chi connectivity index (χ4v) is 4.47. The van der Waals surface area contributed by atoms with Gasteiger partial charge in [-0.3, -0.25) is 4.79 Å². The van der Waals surface area contributed by atoms with Crippen molar-refractivity contribution in [1.82, 2.24) is 10.3 Å². The fourth-order valence-electron chi connectivity index (χ4n) is 4.47. The number of carbonyl (C=O) groups is 1. The van der Waals surface area contributed by atoms with E-state index in [0.717, 1.165) is 28.5 Å². The molecule has 0 radical (unpaired) electrons. The smallest absolute Gasteiger partial charge is 0.219 e. The third-order valence-corrected chi connectivity index (χ3v) is 5.69. The van der Waals surface area contributed by atoms with Crippen LogP contribution in [0.1, 0.15) is 38.3 Å². The number of Topliss-reactive ketones (excluding diaryl/α,β-unsaturated/α-hetero) is 1. The van der Waals surface area contributed by atoms with E-state index in [4.69, 9.17) is 9.37 Å². The SMILES string of the molecule is COc1ccc2ccccc2c1C1Nc2nonc2NC2=C1C(=O)CC(C)(C)C2. The number of methoxy groups -OCH3 is 1. The maximum atomic E-state index is 13.3. The third-order valence-electron chi connectivity index (χ3n) is 5.69. The Balaban J connectivity index is 1.79. The van der Waals surface area contributed by atoms with Crippen molar-refractivity contribution in [2.45, 2.75) is 32.7 Å². The van der Waals surface area contributed by atoms with Crippen LogP contribution in [0.5, 0.6) is 5.75 Å². The molecular weight excluding hydrogens is 368 g/mol. The molecule has 0 amide bonds. The van der Waals surface area contributed by atoms with Crippen molar-refractivity contribution in [2.75, 3.05) is 17.7 Å². The molecule has 3 aromatic rings. The molecule has 2 N–H and O–H groups in total. The van der Waals surface area contributed by atoms with E-state index in [1.54, 1.807) is 7.11 Å². The number of hydrogen-bond donors (Lipinski definition) is 2. The van der Waals surface area contributed by atoms with E-state index in [2.05, 4.69) is 40.9 Å². The predicted molar refractivity (Wildman–Crippen MR) is 110 cm³/mol. The third kappa shape index (κ3) is 2.85. The number of nitrogens with zero attached hydrogens (tertiary/aromatic N) is 2. The molecule has 1 aromatic heterocycles. The van der Waals surface area contributed by atoms with Gasteiger partial charge in [0.1, 0.15) is 5.75 Å². The van der Waals surface area contributed by atoms with E-state index in [-0.39, 0.29) is 11.2 Å². The van der Waals surface area contributed by atoms with Crippen LogP contribution in [0.4, 0.5) is 11.6 Å². The van der Waals surface area contributed by atoms with Crippen molar-refractivity contribution in [2.24, 2.45) is 5.41 Å². The van der Waals surface area contributed by atoms with Crippen LogP contribution in [-0.4, -0.2) is 23.2 Å². The predicted octanol–water partition coefficient (Wildman–Crippen LogP) is 4.45. The Morgan fingerprint density at radius 2 is 1.90 bits per heavy atom. The molecule has 2 heterocycles. The molecule has 7 nitrogen and oxygen atoms in total. The van der Waals surface area contributed by atoms with E-state index in [1.807, 2.05) is 30.3 Å². The maximum absolute atomic E-state index is 13.3. The molecule has 2 aliphatic rings. The summed E-state index contributed by atoms with van der Waals surface area (Å²) in [6, 6.07) is 11.6. The van der Waals surface area contributed by atoms with E-state index in [0.29, 0.717) is 29.4 Å². The second kappa shape index (κ2) is 6.34. The summed E-state index contributed by atoms with van der Waals surface area (Å²) >= 11 is 0. The van der Waals surface area contributed by atoms with Gasteiger partial charge in [0.25, 0.3) is 0 Å². The van der Waals surface area contributed by atoms with E-state index < -0.39 is 6.04 Å². The number of nitrogens with one attached hydrogen (secondary N) is 2. The van der Waals surface area contributed by atoms with Gasteiger partial charge in [0.05, 0.1) is 13.2 Å². The Kier molecular flexibility index (Phi) is 3.87. The van der Waals surface area contributed by atoms with E-state index >= 15 is 0 Å². The second-order valence-electron chi connectivity index (χ2n) is 8.40. The second-order valence-corrected chi connectivity index (χ2v) is 8.40. The minimum absolute atomic E-state index is 0.110. The highest BCUT2D eigenvalue weighted by molar-refractivity contribution is 6.02. The Morgan fingerprint density at radius 3 is 2.72 bits per heavy atom. The van der Waals surface area contributed by atoms with Gasteiger partial charge >= 0.3 is 0 Å². The van der Waals surface area contributed by atoms with E-state index in [1.165, 1.54) is 0 Å². The van der Waals surface area contributed by atoms with Gasteiger partial charge in [-0.2, -0.15) is 0 Å². The Morgan fingerprint density at radius 1 is 1.10 bits per heavy atom. The Hall–Kier alpha value is -3.35. The molecule has 5 rings (SSSR count). The van der Waals surface area contributed by atoms with Gasteiger partial charge in [-0.05, 0) is 39.0 Å². The first-order valence-corrected chi connectivity index (χ1v) is 9.65. The molecule has 0 spiro atoms. The number of anilines is 2. The average Bonchev–Trinajstić information content (AvgIpc) is 3.05. The molecular formula is C22H22N4O3. The fraction of sp³-hybridized carbons (Fsp3) is 0.318. The number of ether oxygens (including phenoxy) is 1. The highest BCUT2D eigenvalue weighted by atomic mass is 16.6. The summed E-state index contributed by atoms with van der Waals surface area (Å²) in [7, 11) is 1.65. The summed E-state index contributed by atoms with van der Waals surface area (Å²) in [5.74, 6) is 1.79. The van der Waals surface area contributed by atoms with Crippen LogP contribution >= 0.6 is 0 Å². The molecule has 2 aromatic carbocycles. The zero-order chi connectivity index (χ0) is 20.2. The van der Waals surface area contributed by atoms with Gasteiger partial charge in [0, 0.05) is 23.3 Å². The number of hydrogen-bond acceptors (Lipinski definition) is 7. The number of benzene rings is 2. The molecule has 1 unspecified atom stereocenters. The van der Waals surface area contributed by atoms with Crippen molar-refractivity contribution in [1.29, 1.82) is 0 Å².